The molecule has 3 nitrogen and oxygen atoms in total. The van der Waals surface area contributed by atoms with E-state index in [1.807, 2.05) is 0 Å². The van der Waals surface area contributed by atoms with Crippen LogP contribution in [0.2, 0.25) is 5.02 Å². The molecule has 78 valence electrons. The van der Waals surface area contributed by atoms with Crippen molar-refractivity contribution in [2.75, 3.05) is 5.73 Å². The fourth-order valence-electron chi connectivity index (χ4n) is 1.18. The molecule has 15 heavy (non-hydrogen) atoms. The second kappa shape index (κ2) is 4.12. The van der Waals surface area contributed by atoms with Crippen molar-refractivity contribution in [1.82, 2.24) is 10.2 Å². The lowest BCUT2D eigenvalue weighted by molar-refractivity contribution is 0.613. The van der Waals surface area contributed by atoms with Gasteiger partial charge in [0.05, 0.1) is 0 Å². The number of halogens is 2. The first-order valence-corrected chi connectivity index (χ1v) is 5.36. The minimum Gasteiger partial charge on any atom is -0.374 e. The summed E-state index contributed by atoms with van der Waals surface area (Å²) in [5, 5.41) is 9.03. The van der Waals surface area contributed by atoms with E-state index in [1.54, 1.807) is 6.07 Å². The Morgan fingerprint density at radius 1 is 1.40 bits per heavy atom. The number of aromatic nitrogens is 2. The van der Waals surface area contributed by atoms with Crippen LogP contribution in [-0.2, 0) is 6.42 Å². The van der Waals surface area contributed by atoms with E-state index in [9.17, 15) is 4.39 Å². The molecule has 0 saturated heterocycles. The summed E-state index contributed by atoms with van der Waals surface area (Å²) in [5.74, 6) is -0.298. The van der Waals surface area contributed by atoms with Crippen molar-refractivity contribution in [3.8, 4) is 0 Å². The van der Waals surface area contributed by atoms with E-state index in [0.29, 0.717) is 27.1 Å². The number of rotatable bonds is 2. The van der Waals surface area contributed by atoms with Gasteiger partial charge in [-0.15, -0.1) is 10.2 Å². The molecule has 0 spiro atoms. The first-order valence-electron chi connectivity index (χ1n) is 4.17. The van der Waals surface area contributed by atoms with Crippen LogP contribution in [-0.4, -0.2) is 10.2 Å². The molecule has 6 heteroatoms. The monoisotopic (exact) mass is 243 g/mol. The Labute approximate surface area is 94.7 Å². The molecule has 0 atom stereocenters. The number of nitrogens with zero attached hydrogens (tertiary/aromatic N) is 2. The second-order valence-corrected chi connectivity index (χ2v) is 4.48. The maximum Gasteiger partial charge on any atom is 0.203 e. The molecule has 0 radical (unpaired) electrons. The van der Waals surface area contributed by atoms with Gasteiger partial charge >= 0.3 is 0 Å². The fourth-order valence-corrected chi connectivity index (χ4v) is 2.01. The van der Waals surface area contributed by atoms with Crippen molar-refractivity contribution in [3.63, 3.8) is 0 Å². The number of benzene rings is 1. The molecule has 1 aromatic carbocycles. The van der Waals surface area contributed by atoms with Crippen LogP contribution in [0.25, 0.3) is 0 Å². The molecule has 0 aliphatic carbocycles. The van der Waals surface area contributed by atoms with Crippen LogP contribution in [0.1, 0.15) is 10.6 Å². The van der Waals surface area contributed by atoms with Crippen molar-refractivity contribution in [1.29, 1.82) is 0 Å². The molecule has 1 heterocycles. The summed E-state index contributed by atoms with van der Waals surface area (Å²) in [5.41, 5.74) is 5.92. The zero-order valence-electron chi connectivity index (χ0n) is 7.58. The third-order valence-electron chi connectivity index (χ3n) is 1.83. The topological polar surface area (TPSA) is 51.8 Å². The van der Waals surface area contributed by atoms with Gasteiger partial charge in [0, 0.05) is 11.4 Å². The standard InChI is InChI=1S/C9H7ClFN3S/c10-6-1-2-7(11)5(3-6)4-8-13-14-9(12)15-8/h1-3H,4H2,(H2,12,14). The zero-order valence-corrected chi connectivity index (χ0v) is 9.15. The van der Waals surface area contributed by atoms with Crippen molar-refractivity contribution in [2.45, 2.75) is 6.42 Å². The van der Waals surface area contributed by atoms with E-state index in [1.165, 1.54) is 23.5 Å². The number of hydrogen-bond donors (Lipinski definition) is 1. The van der Waals surface area contributed by atoms with Crippen LogP contribution in [0.5, 0.6) is 0 Å². The number of hydrogen-bond acceptors (Lipinski definition) is 4. The Kier molecular flexibility index (Phi) is 2.83. The quantitative estimate of drug-likeness (QED) is 0.882. The van der Waals surface area contributed by atoms with Gasteiger partial charge in [0.1, 0.15) is 10.8 Å². The SMILES string of the molecule is Nc1nnc(Cc2cc(Cl)ccc2F)s1. The normalized spacial score (nSPS) is 10.5. The number of anilines is 1. The molecule has 0 aliphatic rings. The molecule has 0 fully saturated rings. The Morgan fingerprint density at radius 2 is 2.20 bits per heavy atom. The van der Waals surface area contributed by atoms with Gasteiger partial charge in [0.25, 0.3) is 0 Å². The number of nitrogen functional groups attached to an aromatic ring is 1. The van der Waals surface area contributed by atoms with E-state index >= 15 is 0 Å². The van der Waals surface area contributed by atoms with Gasteiger partial charge in [-0.25, -0.2) is 4.39 Å². The smallest absolute Gasteiger partial charge is 0.203 e. The second-order valence-electron chi connectivity index (χ2n) is 2.95. The summed E-state index contributed by atoms with van der Waals surface area (Å²) in [6, 6.07) is 4.42. The van der Waals surface area contributed by atoms with Gasteiger partial charge in [-0.3, -0.25) is 0 Å². The lowest BCUT2D eigenvalue weighted by atomic mass is 10.1. The Balaban J connectivity index is 2.27. The van der Waals surface area contributed by atoms with Crippen molar-refractivity contribution >= 4 is 28.1 Å². The summed E-state index contributed by atoms with van der Waals surface area (Å²) in [6.07, 6.45) is 0.362. The molecule has 1 aromatic heterocycles. The molecule has 2 rings (SSSR count). The van der Waals surface area contributed by atoms with Gasteiger partial charge < -0.3 is 5.73 Å². The van der Waals surface area contributed by atoms with Crippen LogP contribution in [0.3, 0.4) is 0 Å². The highest BCUT2D eigenvalue weighted by Gasteiger charge is 2.07. The summed E-state index contributed by atoms with van der Waals surface area (Å²) < 4.78 is 13.3. The molecule has 2 N–H and O–H groups in total. The highest BCUT2D eigenvalue weighted by molar-refractivity contribution is 7.15. The van der Waals surface area contributed by atoms with Crippen LogP contribution >= 0.6 is 22.9 Å². The van der Waals surface area contributed by atoms with E-state index < -0.39 is 0 Å². The lowest BCUT2D eigenvalue weighted by Gasteiger charge is -2.00. The Hall–Kier alpha value is -1.20. The summed E-state index contributed by atoms with van der Waals surface area (Å²) in [6.45, 7) is 0. The van der Waals surface area contributed by atoms with Crippen molar-refractivity contribution in [2.24, 2.45) is 0 Å². The molecule has 2 aromatic rings. The van der Waals surface area contributed by atoms with E-state index in [0.717, 1.165) is 0 Å². The maximum atomic E-state index is 13.3. The summed E-state index contributed by atoms with van der Waals surface area (Å²) in [4.78, 5) is 0. The highest BCUT2D eigenvalue weighted by atomic mass is 35.5. The highest BCUT2D eigenvalue weighted by Crippen LogP contribution is 2.20. The molecule has 0 amide bonds. The van der Waals surface area contributed by atoms with E-state index in [-0.39, 0.29) is 5.82 Å². The lowest BCUT2D eigenvalue weighted by Crippen LogP contribution is -1.92. The third kappa shape index (κ3) is 2.43. The first-order chi connectivity index (χ1) is 7.15. The molecular weight excluding hydrogens is 237 g/mol. The largest absolute Gasteiger partial charge is 0.374 e. The maximum absolute atomic E-state index is 13.3. The van der Waals surface area contributed by atoms with Crippen LogP contribution in [0, 0.1) is 5.82 Å². The molecule has 0 saturated carbocycles. The predicted molar refractivity (Wildman–Crippen MR) is 58.5 cm³/mol. The fraction of sp³-hybridized carbons (Fsp3) is 0.111. The van der Waals surface area contributed by atoms with Crippen molar-refractivity contribution < 1.29 is 4.39 Å². The first kappa shape index (κ1) is 10.3. The van der Waals surface area contributed by atoms with Crippen molar-refractivity contribution in [3.05, 3.63) is 39.6 Å². The van der Waals surface area contributed by atoms with Gasteiger partial charge in [0.15, 0.2) is 0 Å². The molecular formula is C9H7ClFN3S. The predicted octanol–water partition coefficient (Wildman–Crippen LogP) is 2.50. The summed E-state index contributed by atoms with van der Waals surface area (Å²) in [7, 11) is 0. The minimum atomic E-state index is -0.298. The Bertz CT molecular complexity index is 486. The van der Waals surface area contributed by atoms with E-state index in [4.69, 9.17) is 17.3 Å². The van der Waals surface area contributed by atoms with Crippen LogP contribution < -0.4 is 5.73 Å². The summed E-state index contributed by atoms with van der Waals surface area (Å²) >= 11 is 7.01. The van der Waals surface area contributed by atoms with Gasteiger partial charge in [-0.2, -0.15) is 0 Å². The average Bonchev–Trinajstić information content (AvgIpc) is 2.58. The third-order valence-corrected chi connectivity index (χ3v) is 2.82. The Morgan fingerprint density at radius 3 is 2.87 bits per heavy atom. The molecule has 0 aliphatic heterocycles. The average molecular weight is 244 g/mol. The zero-order chi connectivity index (χ0) is 10.8. The molecule has 0 bridgehead atoms. The van der Waals surface area contributed by atoms with Gasteiger partial charge in [0.2, 0.25) is 5.13 Å². The minimum absolute atomic E-state index is 0.298. The van der Waals surface area contributed by atoms with Gasteiger partial charge in [-0.05, 0) is 23.8 Å². The number of nitrogens with two attached hydrogens (primary N) is 1. The van der Waals surface area contributed by atoms with Gasteiger partial charge in [-0.1, -0.05) is 22.9 Å². The molecule has 0 unspecified atom stereocenters. The van der Waals surface area contributed by atoms with Crippen LogP contribution in [0.4, 0.5) is 9.52 Å². The van der Waals surface area contributed by atoms with E-state index in [2.05, 4.69) is 10.2 Å². The van der Waals surface area contributed by atoms with Crippen LogP contribution in [0.15, 0.2) is 18.2 Å².